The van der Waals surface area contributed by atoms with Gasteiger partial charge in [-0.3, -0.25) is 14.3 Å². The molecule has 0 saturated carbocycles. The lowest BCUT2D eigenvalue weighted by molar-refractivity contribution is 0.478. The molecule has 0 unspecified atom stereocenters. The summed E-state index contributed by atoms with van der Waals surface area (Å²) in [4.78, 5) is 21.6. The zero-order valence-electron chi connectivity index (χ0n) is 14.2. The number of aromatic nitrogens is 3. The summed E-state index contributed by atoms with van der Waals surface area (Å²) >= 11 is 12.1. The summed E-state index contributed by atoms with van der Waals surface area (Å²) in [6.45, 7) is 5.72. The van der Waals surface area contributed by atoms with Crippen molar-refractivity contribution in [1.29, 1.82) is 5.26 Å². The predicted molar refractivity (Wildman–Crippen MR) is 100 cm³/mol. The van der Waals surface area contributed by atoms with Gasteiger partial charge in [-0.25, -0.2) is 4.98 Å². The van der Waals surface area contributed by atoms with Gasteiger partial charge in [-0.1, -0.05) is 37.0 Å². The molecule has 3 aromatic rings. The Bertz CT molecular complexity index is 1150. The normalized spacial score (nSPS) is 11.1. The SMILES string of the molecule is Cc1ccnc(C(C)C)c1-n1c(=O)c(C#N)c(O)c2cc(Cl)c(Cl)nc21. The lowest BCUT2D eigenvalue weighted by Crippen LogP contribution is -2.25. The largest absolute Gasteiger partial charge is 0.506 e. The molecule has 26 heavy (non-hydrogen) atoms. The van der Waals surface area contributed by atoms with Crippen molar-refractivity contribution < 1.29 is 5.11 Å². The van der Waals surface area contributed by atoms with Crippen molar-refractivity contribution in [1.82, 2.24) is 14.5 Å². The van der Waals surface area contributed by atoms with E-state index < -0.39 is 16.9 Å². The van der Waals surface area contributed by atoms with Crippen molar-refractivity contribution in [3.8, 4) is 17.5 Å². The second kappa shape index (κ2) is 6.60. The first-order chi connectivity index (χ1) is 12.3. The van der Waals surface area contributed by atoms with E-state index in [1.54, 1.807) is 18.3 Å². The third-order valence-electron chi connectivity index (χ3n) is 4.07. The Hall–Kier alpha value is -2.62. The third kappa shape index (κ3) is 2.70. The lowest BCUT2D eigenvalue weighted by atomic mass is 10.0. The van der Waals surface area contributed by atoms with Crippen molar-refractivity contribution >= 4 is 34.2 Å². The quantitative estimate of drug-likeness (QED) is 0.667. The van der Waals surface area contributed by atoms with E-state index in [0.717, 1.165) is 5.56 Å². The molecule has 0 saturated heterocycles. The van der Waals surface area contributed by atoms with Crippen molar-refractivity contribution in [2.24, 2.45) is 0 Å². The Balaban J connectivity index is 2.63. The van der Waals surface area contributed by atoms with Gasteiger partial charge in [-0.15, -0.1) is 0 Å². The molecule has 3 rings (SSSR count). The standard InChI is InChI=1S/C18H14Cl2N4O2/c1-8(2)13-14(9(3)4-5-22-13)24-17-10(6-12(19)16(20)23-17)15(25)11(7-21)18(24)26/h4-6,8,25H,1-3H3. The van der Waals surface area contributed by atoms with Crippen LogP contribution in [0.3, 0.4) is 0 Å². The minimum absolute atomic E-state index is 0.00830. The molecule has 3 aromatic heterocycles. The molecule has 0 aliphatic carbocycles. The first kappa shape index (κ1) is 18.2. The summed E-state index contributed by atoms with van der Waals surface area (Å²) in [7, 11) is 0. The van der Waals surface area contributed by atoms with Gasteiger partial charge in [0, 0.05) is 6.20 Å². The van der Waals surface area contributed by atoms with Crippen molar-refractivity contribution in [2.45, 2.75) is 26.7 Å². The highest BCUT2D eigenvalue weighted by Crippen LogP contribution is 2.33. The van der Waals surface area contributed by atoms with E-state index >= 15 is 0 Å². The summed E-state index contributed by atoms with van der Waals surface area (Å²) in [5.41, 5.74) is 0.973. The van der Waals surface area contributed by atoms with Crippen LogP contribution < -0.4 is 5.56 Å². The summed E-state index contributed by atoms with van der Waals surface area (Å²) < 4.78 is 1.27. The summed E-state index contributed by atoms with van der Waals surface area (Å²) in [5.74, 6) is -0.462. The molecule has 0 amide bonds. The molecule has 0 fully saturated rings. The van der Waals surface area contributed by atoms with Gasteiger partial charge in [-0.2, -0.15) is 5.26 Å². The van der Waals surface area contributed by atoms with E-state index in [-0.39, 0.29) is 27.1 Å². The molecule has 3 heterocycles. The molecule has 132 valence electrons. The number of nitriles is 1. The monoisotopic (exact) mass is 388 g/mol. The molecule has 0 bridgehead atoms. The number of nitrogens with zero attached hydrogens (tertiary/aromatic N) is 4. The first-order valence-electron chi connectivity index (χ1n) is 7.77. The van der Waals surface area contributed by atoms with Crippen LogP contribution in [-0.4, -0.2) is 19.6 Å². The number of hydrogen-bond acceptors (Lipinski definition) is 5. The average molecular weight is 389 g/mol. The lowest BCUT2D eigenvalue weighted by Gasteiger charge is -2.19. The van der Waals surface area contributed by atoms with Crippen molar-refractivity contribution in [2.75, 3.05) is 0 Å². The maximum Gasteiger partial charge on any atom is 0.278 e. The van der Waals surface area contributed by atoms with Gasteiger partial charge in [0.2, 0.25) is 0 Å². The fourth-order valence-corrected chi connectivity index (χ4v) is 3.13. The predicted octanol–water partition coefficient (Wildman–Crippen LogP) is 4.10. The Morgan fingerprint density at radius 1 is 1.35 bits per heavy atom. The van der Waals surface area contributed by atoms with Gasteiger partial charge in [0.1, 0.15) is 17.0 Å². The number of fused-ring (bicyclic) bond motifs is 1. The van der Waals surface area contributed by atoms with Gasteiger partial charge in [0.05, 0.1) is 21.8 Å². The number of aromatic hydroxyl groups is 1. The maximum absolute atomic E-state index is 13.0. The Morgan fingerprint density at radius 3 is 2.65 bits per heavy atom. The van der Waals surface area contributed by atoms with E-state index in [9.17, 15) is 15.2 Å². The maximum atomic E-state index is 13.0. The number of pyridine rings is 3. The molecule has 0 atom stereocenters. The summed E-state index contributed by atoms with van der Waals surface area (Å²) in [5, 5.41) is 20.0. The number of rotatable bonds is 2. The molecular formula is C18H14Cl2N4O2. The molecule has 0 radical (unpaired) electrons. The molecule has 8 heteroatoms. The highest BCUT2D eigenvalue weighted by molar-refractivity contribution is 6.41. The van der Waals surface area contributed by atoms with Crippen LogP contribution in [-0.2, 0) is 0 Å². The van der Waals surface area contributed by atoms with Crippen molar-refractivity contribution in [3.63, 3.8) is 0 Å². The van der Waals surface area contributed by atoms with Crippen molar-refractivity contribution in [3.05, 3.63) is 55.7 Å². The van der Waals surface area contributed by atoms with Gasteiger partial charge < -0.3 is 5.11 Å². The minimum Gasteiger partial charge on any atom is -0.506 e. The molecule has 0 spiro atoms. The molecule has 1 N–H and O–H groups in total. The van der Waals surface area contributed by atoms with E-state index in [1.807, 2.05) is 20.8 Å². The molecule has 6 nitrogen and oxygen atoms in total. The van der Waals surface area contributed by atoms with Crippen LogP contribution in [0.2, 0.25) is 10.2 Å². The van der Waals surface area contributed by atoms with E-state index in [0.29, 0.717) is 11.4 Å². The topological polar surface area (TPSA) is 91.8 Å². The zero-order chi connectivity index (χ0) is 19.2. The fourth-order valence-electron chi connectivity index (χ4n) is 2.84. The molecule has 0 aromatic carbocycles. The van der Waals surface area contributed by atoms with Crippen LogP contribution in [0.15, 0.2) is 23.1 Å². The number of halogens is 2. The highest BCUT2D eigenvalue weighted by Gasteiger charge is 2.23. The van der Waals surface area contributed by atoms with Crippen LogP contribution in [0.25, 0.3) is 16.7 Å². The Labute approximate surface area is 159 Å². The molecule has 0 aliphatic heterocycles. The van der Waals surface area contributed by atoms with Crippen LogP contribution >= 0.6 is 23.2 Å². The third-order valence-corrected chi connectivity index (χ3v) is 4.74. The average Bonchev–Trinajstić information content (AvgIpc) is 2.58. The number of aryl methyl sites for hydroxylation is 1. The smallest absolute Gasteiger partial charge is 0.278 e. The highest BCUT2D eigenvalue weighted by atomic mass is 35.5. The second-order valence-corrected chi connectivity index (χ2v) is 6.89. The van der Waals surface area contributed by atoms with Crippen LogP contribution in [0.5, 0.6) is 5.75 Å². The van der Waals surface area contributed by atoms with Gasteiger partial charge >= 0.3 is 0 Å². The summed E-state index contributed by atoms with van der Waals surface area (Å²) in [6, 6.07) is 4.91. The van der Waals surface area contributed by atoms with Gasteiger partial charge in [0.15, 0.2) is 11.2 Å². The number of hydrogen-bond donors (Lipinski definition) is 1. The fraction of sp³-hybridized carbons (Fsp3) is 0.222. The minimum atomic E-state index is -0.693. The first-order valence-corrected chi connectivity index (χ1v) is 8.53. The Kier molecular flexibility index (Phi) is 4.61. The van der Waals surface area contributed by atoms with E-state index in [1.165, 1.54) is 10.6 Å². The van der Waals surface area contributed by atoms with Gasteiger partial charge in [0.25, 0.3) is 5.56 Å². The van der Waals surface area contributed by atoms with Crippen LogP contribution in [0.1, 0.15) is 36.6 Å². The summed E-state index contributed by atoms with van der Waals surface area (Å²) in [6.07, 6.45) is 1.66. The van der Waals surface area contributed by atoms with Gasteiger partial charge in [-0.05, 0) is 30.5 Å². The second-order valence-electron chi connectivity index (χ2n) is 6.12. The molecule has 0 aliphatic rings. The zero-order valence-corrected chi connectivity index (χ0v) is 15.7. The van der Waals surface area contributed by atoms with Crippen LogP contribution in [0, 0.1) is 18.3 Å². The van der Waals surface area contributed by atoms with E-state index in [2.05, 4.69) is 9.97 Å². The van der Waals surface area contributed by atoms with Crippen LogP contribution in [0.4, 0.5) is 0 Å². The molecular weight excluding hydrogens is 375 g/mol. The Morgan fingerprint density at radius 2 is 2.04 bits per heavy atom. The van der Waals surface area contributed by atoms with E-state index in [4.69, 9.17) is 23.2 Å².